The molecule has 0 aliphatic rings. The fourth-order valence-corrected chi connectivity index (χ4v) is 2.75. The first-order chi connectivity index (χ1) is 13.6. The lowest BCUT2D eigenvalue weighted by Gasteiger charge is -2.15. The van der Waals surface area contributed by atoms with Gasteiger partial charge in [-0.15, -0.1) is 0 Å². The normalized spacial score (nSPS) is 10.2. The van der Waals surface area contributed by atoms with E-state index in [0.29, 0.717) is 23.4 Å². The number of nitrogens with one attached hydrogen (secondary N) is 2. The Kier molecular flexibility index (Phi) is 6.07. The highest BCUT2D eigenvalue weighted by Gasteiger charge is 2.11. The lowest BCUT2D eigenvalue weighted by atomic mass is 10.1. The average Bonchev–Trinajstić information content (AvgIpc) is 2.71. The minimum absolute atomic E-state index is 0.187. The predicted octanol–water partition coefficient (Wildman–Crippen LogP) is 5.17. The van der Waals surface area contributed by atoms with Crippen LogP contribution in [0.5, 0.6) is 0 Å². The maximum absolute atomic E-state index is 12.5. The highest BCUT2D eigenvalue weighted by Crippen LogP contribution is 2.28. The van der Waals surface area contributed by atoms with Gasteiger partial charge in [0.05, 0.1) is 23.5 Å². The molecule has 2 N–H and O–H groups in total. The quantitative estimate of drug-likeness (QED) is 0.584. The van der Waals surface area contributed by atoms with E-state index in [4.69, 9.17) is 4.74 Å². The van der Waals surface area contributed by atoms with Crippen molar-refractivity contribution < 1.29 is 14.3 Å². The van der Waals surface area contributed by atoms with Gasteiger partial charge >= 0.3 is 5.97 Å². The predicted molar refractivity (Wildman–Crippen MR) is 111 cm³/mol. The van der Waals surface area contributed by atoms with E-state index in [0.717, 1.165) is 16.9 Å². The minimum Gasteiger partial charge on any atom is -0.462 e. The number of aryl methyl sites for hydroxylation is 1. The molecule has 0 aromatic heterocycles. The summed E-state index contributed by atoms with van der Waals surface area (Å²) in [6.45, 7) is 4.07. The largest absolute Gasteiger partial charge is 0.462 e. The molecular formula is C23H22N2O3. The third-order valence-electron chi connectivity index (χ3n) is 4.11. The van der Waals surface area contributed by atoms with Gasteiger partial charge in [0, 0.05) is 11.3 Å². The average molecular weight is 374 g/mol. The molecule has 1 amide bonds. The van der Waals surface area contributed by atoms with E-state index in [1.54, 1.807) is 37.3 Å². The Labute approximate surface area is 164 Å². The van der Waals surface area contributed by atoms with Gasteiger partial charge in [-0.1, -0.05) is 30.3 Å². The molecule has 3 aromatic rings. The van der Waals surface area contributed by atoms with Gasteiger partial charge in [-0.2, -0.15) is 0 Å². The van der Waals surface area contributed by atoms with Gasteiger partial charge in [0.25, 0.3) is 5.91 Å². The molecule has 3 aromatic carbocycles. The van der Waals surface area contributed by atoms with E-state index in [1.165, 1.54) is 0 Å². The maximum atomic E-state index is 12.5. The van der Waals surface area contributed by atoms with E-state index < -0.39 is 0 Å². The second-order valence-corrected chi connectivity index (χ2v) is 6.30. The molecule has 0 atom stereocenters. The SMILES string of the molecule is CCOC(=O)c1cccc(Nc2cc(C)ccc2NC(=O)c2ccccc2)c1. The summed E-state index contributed by atoms with van der Waals surface area (Å²) >= 11 is 0. The van der Waals surface area contributed by atoms with Crippen molar-refractivity contribution in [2.75, 3.05) is 17.2 Å². The molecule has 0 saturated heterocycles. The van der Waals surface area contributed by atoms with E-state index in [1.807, 2.05) is 49.4 Å². The van der Waals surface area contributed by atoms with E-state index in [2.05, 4.69) is 10.6 Å². The Balaban J connectivity index is 1.84. The molecule has 0 heterocycles. The van der Waals surface area contributed by atoms with Crippen LogP contribution in [-0.4, -0.2) is 18.5 Å². The molecule has 0 bridgehead atoms. The summed E-state index contributed by atoms with van der Waals surface area (Å²) in [6.07, 6.45) is 0. The van der Waals surface area contributed by atoms with Crippen LogP contribution in [0.4, 0.5) is 17.1 Å². The van der Waals surface area contributed by atoms with Gasteiger partial charge < -0.3 is 15.4 Å². The number of anilines is 3. The minimum atomic E-state index is -0.368. The third kappa shape index (κ3) is 4.76. The summed E-state index contributed by atoms with van der Waals surface area (Å²) < 4.78 is 5.05. The molecule has 28 heavy (non-hydrogen) atoms. The van der Waals surface area contributed by atoms with Crippen molar-refractivity contribution >= 4 is 28.9 Å². The monoisotopic (exact) mass is 374 g/mol. The Bertz CT molecular complexity index is 984. The fourth-order valence-electron chi connectivity index (χ4n) is 2.75. The van der Waals surface area contributed by atoms with Crippen LogP contribution in [0, 0.1) is 6.92 Å². The van der Waals surface area contributed by atoms with Gasteiger partial charge in [-0.25, -0.2) is 4.79 Å². The molecule has 0 spiro atoms. The first-order valence-corrected chi connectivity index (χ1v) is 9.08. The second kappa shape index (κ2) is 8.86. The van der Waals surface area contributed by atoms with Crippen molar-refractivity contribution in [3.8, 4) is 0 Å². The smallest absolute Gasteiger partial charge is 0.338 e. The van der Waals surface area contributed by atoms with Gasteiger partial charge in [-0.3, -0.25) is 4.79 Å². The summed E-state index contributed by atoms with van der Waals surface area (Å²) in [7, 11) is 0. The zero-order valence-corrected chi connectivity index (χ0v) is 15.9. The molecule has 0 fully saturated rings. The van der Waals surface area contributed by atoms with Crippen molar-refractivity contribution in [2.24, 2.45) is 0 Å². The van der Waals surface area contributed by atoms with Crippen LogP contribution in [0.15, 0.2) is 72.8 Å². The molecule has 3 rings (SSSR count). The number of ether oxygens (including phenoxy) is 1. The van der Waals surface area contributed by atoms with Crippen LogP contribution in [0.1, 0.15) is 33.2 Å². The van der Waals surface area contributed by atoms with E-state index >= 15 is 0 Å². The van der Waals surface area contributed by atoms with Crippen LogP contribution >= 0.6 is 0 Å². The zero-order valence-electron chi connectivity index (χ0n) is 15.9. The van der Waals surface area contributed by atoms with Crippen molar-refractivity contribution in [1.82, 2.24) is 0 Å². The fraction of sp³-hybridized carbons (Fsp3) is 0.130. The Morgan fingerprint density at radius 2 is 1.61 bits per heavy atom. The Morgan fingerprint density at radius 3 is 2.36 bits per heavy atom. The lowest BCUT2D eigenvalue weighted by molar-refractivity contribution is 0.0526. The number of hydrogen-bond acceptors (Lipinski definition) is 4. The Hall–Kier alpha value is -3.60. The number of carbonyl (C=O) groups excluding carboxylic acids is 2. The van der Waals surface area contributed by atoms with Crippen molar-refractivity contribution in [1.29, 1.82) is 0 Å². The van der Waals surface area contributed by atoms with Crippen molar-refractivity contribution in [3.05, 3.63) is 89.5 Å². The summed E-state index contributed by atoms with van der Waals surface area (Å²) in [5.41, 5.74) is 4.21. The number of rotatable bonds is 6. The van der Waals surface area contributed by atoms with E-state index in [-0.39, 0.29) is 11.9 Å². The number of esters is 1. The van der Waals surface area contributed by atoms with Crippen LogP contribution < -0.4 is 10.6 Å². The van der Waals surface area contributed by atoms with Crippen LogP contribution in [0.25, 0.3) is 0 Å². The summed E-state index contributed by atoms with van der Waals surface area (Å²) in [4.78, 5) is 24.5. The van der Waals surface area contributed by atoms with Crippen LogP contribution in [0.2, 0.25) is 0 Å². The summed E-state index contributed by atoms with van der Waals surface area (Å²) in [6, 6.07) is 21.8. The number of amides is 1. The first kappa shape index (κ1) is 19.2. The van der Waals surface area contributed by atoms with E-state index in [9.17, 15) is 9.59 Å². The number of benzene rings is 3. The maximum Gasteiger partial charge on any atom is 0.338 e. The molecule has 0 saturated carbocycles. The van der Waals surface area contributed by atoms with Gasteiger partial charge in [0.15, 0.2) is 0 Å². The van der Waals surface area contributed by atoms with Gasteiger partial charge in [-0.05, 0) is 61.9 Å². The molecule has 0 aliphatic heterocycles. The highest BCUT2D eigenvalue weighted by molar-refractivity contribution is 6.06. The molecule has 5 nitrogen and oxygen atoms in total. The topological polar surface area (TPSA) is 67.4 Å². The van der Waals surface area contributed by atoms with Gasteiger partial charge in [0.2, 0.25) is 0 Å². The third-order valence-corrected chi connectivity index (χ3v) is 4.11. The number of carbonyl (C=O) groups is 2. The van der Waals surface area contributed by atoms with Crippen LogP contribution in [-0.2, 0) is 4.74 Å². The molecule has 0 radical (unpaired) electrons. The highest BCUT2D eigenvalue weighted by atomic mass is 16.5. The molecule has 5 heteroatoms. The summed E-state index contributed by atoms with van der Waals surface area (Å²) in [5, 5.41) is 6.22. The second-order valence-electron chi connectivity index (χ2n) is 6.30. The van der Waals surface area contributed by atoms with Crippen molar-refractivity contribution in [3.63, 3.8) is 0 Å². The van der Waals surface area contributed by atoms with Crippen LogP contribution in [0.3, 0.4) is 0 Å². The van der Waals surface area contributed by atoms with Crippen molar-refractivity contribution in [2.45, 2.75) is 13.8 Å². The molecule has 142 valence electrons. The Morgan fingerprint density at radius 1 is 0.857 bits per heavy atom. The zero-order chi connectivity index (χ0) is 19.9. The number of hydrogen-bond donors (Lipinski definition) is 2. The lowest BCUT2D eigenvalue weighted by Crippen LogP contribution is -2.13. The molecule has 0 aliphatic carbocycles. The van der Waals surface area contributed by atoms with Gasteiger partial charge in [0.1, 0.15) is 0 Å². The molecule has 0 unspecified atom stereocenters. The standard InChI is InChI=1S/C23H22N2O3/c1-3-28-23(27)18-10-7-11-19(15-18)24-21-14-16(2)12-13-20(21)25-22(26)17-8-5-4-6-9-17/h4-15,24H,3H2,1-2H3,(H,25,26). The first-order valence-electron chi connectivity index (χ1n) is 9.08. The molecular weight excluding hydrogens is 352 g/mol. The summed E-state index contributed by atoms with van der Waals surface area (Å²) in [5.74, 6) is -0.555.